The van der Waals surface area contributed by atoms with Gasteiger partial charge >= 0.3 is 6.18 Å². The van der Waals surface area contributed by atoms with Crippen LogP contribution in [0.2, 0.25) is 5.02 Å². The molecule has 0 saturated carbocycles. The van der Waals surface area contributed by atoms with E-state index in [0.717, 1.165) is 6.07 Å². The second-order valence-electron chi connectivity index (χ2n) is 7.26. The molecule has 0 unspecified atom stereocenters. The Morgan fingerprint density at radius 2 is 1.91 bits per heavy atom. The number of aromatic amines is 1. The fourth-order valence-electron chi connectivity index (χ4n) is 3.00. The zero-order chi connectivity index (χ0) is 24.3. The minimum Gasteiger partial charge on any atom is -0.489 e. The fraction of sp³-hybridized carbons (Fsp3) is 0.174. The highest BCUT2D eigenvalue weighted by molar-refractivity contribution is 7.99. The molecule has 4 rings (SSSR count). The van der Waals surface area contributed by atoms with Crippen molar-refractivity contribution in [3.05, 3.63) is 70.7 Å². The van der Waals surface area contributed by atoms with E-state index < -0.39 is 11.7 Å². The number of Topliss-reactive ketones (excluding diaryl/α,β-unsaturated/α-hetero) is 1. The van der Waals surface area contributed by atoms with E-state index in [0.29, 0.717) is 45.1 Å². The van der Waals surface area contributed by atoms with Crippen LogP contribution in [-0.2, 0) is 17.6 Å². The number of H-pyrrole nitrogens is 1. The molecule has 34 heavy (non-hydrogen) atoms. The number of benzene rings is 2. The van der Waals surface area contributed by atoms with Gasteiger partial charge in [-0.05, 0) is 48.9 Å². The van der Waals surface area contributed by atoms with Crippen molar-refractivity contribution < 1.29 is 27.1 Å². The van der Waals surface area contributed by atoms with Gasteiger partial charge in [-0.2, -0.15) is 13.2 Å². The lowest BCUT2D eigenvalue weighted by Crippen LogP contribution is -2.07. The van der Waals surface area contributed by atoms with Crippen molar-refractivity contribution in [1.82, 2.24) is 15.2 Å². The van der Waals surface area contributed by atoms with Crippen LogP contribution in [0, 0.1) is 0 Å². The number of ether oxygens (including phenoxy) is 1. The number of nitrogens with one attached hydrogen (secondary N) is 1. The molecule has 11 heteroatoms. The van der Waals surface area contributed by atoms with Crippen molar-refractivity contribution in [2.24, 2.45) is 0 Å². The Kier molecular flexibility index (Phi) is 6.99. The number of furan rings is 1. The van der Waals surface area contributed by atoms with E-state index in [-0.39, 0.29) is 17.4 Å². The van der Waals surface area contributed by atoms with Gasteiger partial charge in [-0.3, -0.25) is 4.79 Å². The molecule has 1 N–H and O–H groups in total. The Bertz CT molecular complexity index is 1320. The third-order valence-electron chi connectivity index (χ3n) is 4.58. The summed E-state index contributed by atoms with van der Waals surface area (Å²) < 4.78 is 50.8. The van der Waals surface area contributed by atoms with E-state index in [9.17, 15) is 18.0 Å². The Labute approximate surface area is 201 Å². The molecule has 0 aliphatic carbocycles. The predicted molar refractivity (Wildman–Crippen MR) is 122 cm³/mol. The highest BCUT2D eigenvalue weighted by Crippen LogP contribution is 2.35. The maximum Gasteiger partial charge on any atom is 0.417 e. The molecule has 0 amide bonds. The topological polar surface area (TPSA) is 81.0 Å². The van der Waals surface area contributed by atoms with Gasteiger partial charge in [-0.15, -0.1) is 10.2 Å². The molecule has 0 atom stereocenters. The second-order valence-corrected chi connectivity index (χ2v) is 8.63. The summed E-state index contributed by atoms with van der Waals surface area (Å²) in [4.78, 5) is 14.1. The normalized spacial score (nSPS) is 11.6. The van der Waals surface area contributed by atoms with Gasteiger partial charge in [0.2, 0.25) is 0 Å². The van der Waals surface area contributed by atoms with Crippen LogP contribution in [0.15, 0.2) is 64.2 Å². The highest BCUT2D eigenvalue weighted by atomic mass is 35.5. The summed E-state index contributed by atoms with van der Waals surface area (Å²) in [5.41, 5.74) is 0.148. The van der Waals surface area contributed by atoms with Gasteiger partial charge in [0.25, 0.3) is 0 Å². The number of alkyl halides is 3. The first-order valence-corrected chi connectivity index (χ1v) is 11.3. The lowest BCUT2D eigenvalue weighted by molar-refractivity contribution is -0.137. The standard InChI is InChI=1S/C23H17ClF3N3O3S/c1-13(31)12-34-22-28-21(29-30-22)20-8-7-19(33-20)15-3-2-4-16(10-15)32-11-14-5-6-18(24)17(9-14)23(25,26)27/h2-10H,11-12H2,1H3,(H,28,29,30). The number of carbonyl (C=O) groups excluding carboxylic acids is 1. The van der Waals surface area contributed by atoms with Crippen LogP contribution in [0.5, 0.6) is 5.75 Å². The summed E-state index contributed by atoms with van der Waals surface area (Å²) in [5, 5.41) is 8.17. The van der Waals surface area contributed by atoms with Crippen LogP contribution in [0.4, 0.5) is 13.2 Å². The number of aromatic nitrogens is 3. The number of rotatable bonds is 8. The third-order valence-corrected chi connectivity index (χ3v) is 5.92. The van der Waals surface area contributed by atoms with Crippen LogP contribution in [0.25, 0.3) is 22.9 Å². The summed E-state index contributed by atoms with van der Waals surface area (Å²) >= 11 is 6.91. The molecule has 4 aromatic rings. The number of nitrogens with zero attached hydrogens (tertiary/aromatic N) is 2. The Morgan fingerprint density at radius 1 is 1.12 bits per heavy atom. The molecule has 0 saturated heterocycles. The molecule has 0 aliphatic heterocycles. The van der Waals surface area contributed by atoms with Crippen molar-refractivity contribution in [2.45, 2.75) is 24.9 Å². The van der Waals surface area contributed by atoms with Crippen LogP contribution < -0.4 is 4.74 Å². The van der Waals surface area contributed by atoms with E-state index in [1.54, 1.807) is 30.3 Å². The molecule has 6 nitrogen and oxygen atoms in total. The van der Waals surface area contributed by atoms with E-state index in [2.05, 4.69) is 15.2 Å². The average molecular weight is 508 g/mol. The van der Waals surface area contributed by atoms with Crippen molar-refractivity contribution in [1.29, 1.82) is 0 Å². The Balaban J connectivity index is 1.46. The Morgan fingerprint density at radius 3 is 2.68 bits per heavy atom. The number of ketones is 1. The van der Waals surface area contributed by atoms with Crippen molar-refractivity contribution >= 4 is 29.1 Å². The average Bonchev–Trinajstić information content (AvgIpc) is 3.46. The molecular weight excluding hydrogens is 491 g/mol. The number of carbonyl (C=O) groups is 1. The SMILES string of the molecule is CC(=O)CSc1nnc(-c2ccc(-c3cccc(OCc4ccc(Cl)c(C(F)(F)F)c4)c3)o2)[nH]1. The fourth-order valence-corrected chi connectivity index (χ4v) is 3.83. The molecule has 2 aromatic carbocycles. The van der Waals surface area contributed by atoms with Crippen LogP contribution in [0.1, 0.15) is 18.1 Å². The number of halogens is 4. The molecule has 176 valence electrons. The van der Waals surface area contributed by atoms with Gasteiger partial charge in [0.15, 0.2) is 16.7 Å². The number of thioether (sulfide) groups is 1. The lowest BCUT2D eigenvalue weighted by Gasteiger charge is -2.12. The molecule has 0 aliphatic rings. The zero-order valence-corrected chi connectivity index (χ0v) is 19.2. The molecule has 0 radical (unpaired) electrons. The Hall–Kier alpha value is -3.24. The van der Waals surface area contributed by atoms with E-state index in [1.165, 1.54) is 30.8 Å². The molecule has 2 aromatic heterocycles. The minimum atomic E-state index is -4.54. The number of hydrogen-bond acceptors (Lipinski definition) is 6. The summed E-state index contributed by atoms with van der Waals surface area (Å²) in [5.74, 6) is 2.21. The first kappa shape index (κ1) is 23.9. The largest absolute Gasteiger partial charge is 0.489 e. The maximum absolute atomic E-state index is 13.1. The molecule has 0 bridgehead atoms. The van der Waals surface area contributed by atoms with E-state index in [4.69, 9.17) is 20.8 Å². The summed E-state index contributed by atoms with van der Waals surface area (Å²) in [6.45, 7) is 1.43. The van der Waals surface area contributed by atoms with Gasteiger partial charge in [-0.25, -0.2) is 0 Å². The van der Waals surface area contributed by atoms with Crippen molar-refractivity contribution in [3.63, 3.8) is 0 Å². The molecule has 2 heterocycles. The maximum atomic E-state index is 13.1. The number of hydrogen-bond donors (Lipinski definition) is 1. The summed E-state index contributed by atoms with van der Waals surface area (Å²) in [6, 6.07) is 14.1. The van der Waals surface area contributed by atoms with Crippen LogP contribution in [-0.4, -0.2) is 26.7 Å². The van der Waals surface area contributed by atoms with E-state index >= 15 is 0 Å². The highest BCUT2D eigenvalue weighted by Gasteiger charge is 2.33. The van der Waals surface area contributed by atoms with Gasteiger partial charge in [0, 0.05) is 5.56 Å². The quantitative estimate of drug-likeness (QED) is 0.268. The van der Waals surface area contributed by atoms with Crippen molar-refractivity contribution in [3.8, 4) is 28.7 Å². The van der Waals surface area contributed by atoms with Gasteiger partial charge < -0.3 is 14.1 Å². The van der Waals surface area contributed by atoms with Crippen LogP contribution in [0.3, 0.4) is 0 Å². The van der Waals surface area contributed by atoms with Crippen LogP contribution >= 0.6 is 23.4 Å². The summed E-state index contributed by atoms with van der Waals surface area (Å²) in [6.07, 6.45) is -4.54. The smallest absolute Gasteiger partial charge is 0.417 e. The monoisotopic (exact) mass is 507 g/mol. The zero-order valence-electron chi connectivity index (χ0n) is 17.6. The summed E-state index contributed by atoms with van der Waals surface area (Å²) in [7, 11) is 0. The lowest BCUT2D eigenvalue weighted by atomic mass is 10.1. The molecule has 0 fully saturated rings. The first-order chi connectivity index (χ1) is 16.2. The molecular formula is C23H17ClF3N3O3S. The van der Waals surface area contributed by atoms with Gasteiger partial charge in [-0.1, -0.05) is 41.6 Å². The second kappa shape index (κ2) is 9.94. The predicted octanol–water partition coefficient (Wildman–Crippen LogP) is 6.66. The third kappa shape index (κ3) is 5.81. The first-order valence-electron chi connectivity index (χ1n) is 9.93. The van der Waals surface area contributed by atoms with Gasteiger partial charge in [0.05, 0.1) is 16.3 Å². The molecule has 0 spiro atoms. The van der Waals surface area contributed by atoms with Gasteiger partial charge in [0.1, 0.15) is 23.9 Å². The minimum absolute atomic E-state index is 0.0298. The van der Waals surface area contributed by atoms with E-state index in [1.807, 2.05) is 6.07 Å². The van der Waals surface area contributed by atoms with Crippen molar-refractivity contribution in [2.75, 3.05) is 5.75 Å².